The Morgan fingerprint density at radius 3 is 2.17 bits per heavy atom. The highest BCUT2D eigenvalue weighted by molar-refractivity contribution is 5.89. The van der Waals surface area contributed by atoms with Gasteiger partial charge in [0.1, 0.15) is 12.4 Å². The van der Waals surface area contributed by atoms with Crippen molar-refractivity contribution in [3.63, 3.8) is 0 Å². The average molecular weight is 395 g/mol. The molecule has 6 heteroatoms. The van der Waals surface area contributed by atoms with Gasteiger partial charge in [0.2, 0.25) is 0 Å². The zero-order chi connectivity index (χ0) is 21.2. The van der Waals surface area contributed by atoms with E-state index in [2.05, 4.69) is 67.5 Å². The third-order valence-electron chi connectivity index (χ3n) is 4.16. The molecule has 0 aromatic heterocycles. The lowest BCUT2D eigenvalue weighted by Crippen LogP contribution is -2.12. The maximum Gasteiger partial charge on any atom is 0.328 e. The molecule has 0 saturated carbocycles. The van der Waals surface area contributed by atoms with Crippen LogP contribution in [0.1, 0.15) is 23.1 Å². The van der Waals surface area contributed by atoms with E-state index in [0.717, 1.165) is 18.7 Å². The second-order valence-corrected chi connectivity index (χ2v) is 6.66. The largest absolute Gasteiger partial charge is 0.488 e. The fourth-order valence-electron chi connectivity index (χ4n) is 2.85. The molecule has 6 nitrogen and oxygen atoms in total. The molecule has 1 aliphatic heterocycles. The number of ether oxygens (including phenoxy) is 1. The lowest BCUT2D eigenvalue weighted by molar-refractivity contribution is -0.134. The van der Waals surface area contributed by atoms with E-state index in [-0.39, 0.29) is 0 Å². The molecule has 0 amide bonds. The number of carbonyl (C=O) groups is 2. The SMILES string of the molecule is CN(C)CCC=C1c2ccccc2COc2ccccc21.O=C(O)/C=C\C(=O)O. The number of benzene rings is 2. The summed E-state index contributed by atoms with van der Waals surface area (Å²) in [7, 11) is 4.22. The van der Waals surface area contributed by atoms with Gasteiger partial charge in [-0.3, -0.25) is 0 Å². The Morgan fingerprint density at radius 1 is 0.966 bits per heavy atom. The summed E-state index contributed by atoms with van der Waals surface area (Å²) in [6.07, 6.45) is 4.49. The molecule has 0 aliphatic carbocycles. The quantitative estimate of drug-likeness (QED) is 0.751. The molecule has 3 rings (SSSR count). The van der Waals surface area contributed by atoms with E-state index in [0.29, 0.717) is 18.8 Å². The maximum absolute atomic E-state index is 9.55. The summed E-state index contributed by atoms with van der Waals surface area (Å²) in [6.45, 7) is 1.69. The van der Waals surface area contributed by atoms with Gasteiger partial charge in [0.05, 0.1) is 0 Å². The molecule has 1 heterocycles. The monoisotopic (exact) mass is 395 g/mol. The number of hydrogen-bond donors (Lipinski definition) is 2. The fraction of sp³-hybridized carbons (Fsp3) is 0.217. The van der Waals surface area contributed by atoms with Crippen LogP contribution in [-0.2, 0) is 16.2 Å². The Hall–Kier alpha value is -3.38. The van der Waals surface area contributed by atoms with E-state index >= 15 is 0 Å². The molecule has 2 aromatic carbocycles. The molecule has 0 fully saturated rings. The van der Waals surface area contributed by atoms with Crippen molar-refractivity contribution in [2.24, 2.45) is 0 Å². The summed E-state index contributed by atoms with van der Waals surface area (Å²) in [5.41, 5.74) is 5.03. The van der Waals surface area contributed by atoms with E-state index in [4.69, 9.17) is 14.9 Å². The molecule has 29 heavy (non-hydrogen) atoms. The van der Waals surface area contributed by atoms with Crippen LogP contribution in [0, 0.1) is 0 Å². The highest BCUT2D eigenvalue weighted by atomic mass is 16.5. The second-order valence-electron chi connectivity index (χ2n) is 6.66. The zero-order valence-electron chi connectivity index (χ0n) is 16.5. The number of para-hydroxylation sites is 1. The molecule has 0 saturated heterocycles. The van der Waals surface area contributed by atoms with Crippen LogP contribution in [0.3, 0.4) is 0 Å². The molecular formula is C23H25NO5. The highest BCUT2D eigenvalue weighted by Crippen LogP contribution is 2.36. The Balaban J connectivity index is 0.000000321. The van der Waals surface area contributed by atoms with Gasteiger partial charge in [-0.05, 0) is 43.3 Å². The van der Waals surface area contributed by atoms with Crippen LogP contribution in [0.5, 0.6) is 5.75 Å². The summed E-state index contributed by atoms with van der Waals surface area (Å²) in [4.78, 5) is 21.3. The van der Waals surface area contributed by atoms with Gasteiger partial charge in [-0.2, -0.15) is 0 Å². The van der Waals surface area contributed by atoms with Crippen molar-refractivity contribution in [2.75, 3.05) is 20.6 Å². The van der Waals surface area contributed by atoms with Gasteiger partial charge < -0.3 is 19.8 Å². The van der Waals surface area contributed by atoms with Crippen molar-refractivity contribution in [1.29, 1.82) is 0 Å². The van der Waals surface area contributed by atoms with E-state index in [1.807, 2.05) is 6.07 Å². The third kappa shape index (κ3) is 6.93. The number of rotatable bonds is 5. The minimum atomic E-state index is -1.26. The first-order valence-corrected chi connectivity index (χ1v) is 9.17. The smallest absolute Gasteiger partial charge is 0.328 e. The Kier molecular flexibility index (Phi) is 8.18. The van der Waals surface area contributed by atoms with E-state index < -0.39 is 11.9 Å². The Labute approximate surface area is 170 Å². The summed E-state index contributed by atoms with van der Waals surface area (Å²) >= 11 is 0. The molecule has 0 atom stereocenters. The van der Waals surface area contributed by atoms with Crippen molar-refractivity contribution in [1.82, 2.24) is 4.90 Å². The standard InChI is InChI=1S/C19H21NO.C4H4O4/c1-20(2)13-7-11-17-16-9-4-3-8-15(16)14-21-19-12-6-5-10-18(17)19;5-3(6)1-2-4(7)8/h3-6,8-12H,7,13-14H2,1-2H3;1-2H,(H,5,6)(H,7,8)/b;2-1-. The van der Waals surface area contributed by atoms with Gasteiger partial charge in [0.25, 0.3) is 0 Å². The van der Waals surface area contributed by atoms with Crippen molar-refractivity contribution in [2.45, 2.75) is 13.0 Å². The minimum absolute atomic E-state index is 0.558. The predicted molar refractivity (Wildman–Crippen MR) is 112 cm³/mol. The first-order chi connectivity index (χ1) is 13.9. The van der Waals surface area contributed by atoms with Crippen LogP contribution in [-0.4, -0.2) is 47.7 Å². The molecule has 1 aliphatic rings. The molecule has 0 radical (unpaired) electrons. The summed E-state index contributed by atoms with van der Waals surface area (Å²) < 4.78 is 5.98. The van der Waals surface area contributed by atoms with Gasteiger partial charge in [-0.15, -0.1) is 0 Å². The second kappa shape index (κ2) is 10.8. The van der Waals surface area contributed by atoms with E-state index in [9.17, 15) is 9.59 Å². The molecule has 2 N–H and O–H groups in total. The fourth-order valence-corrected chi connectivity index (χ4v) is 2.85. The van der Waals surface area contributed by atoms with Crippen LogP contribution in [0.15, 0.2) is 66.8 Å². The van der Waals surface area contributed by atoms with Gasteiger partial charge in [-0.1, -0.05) is 48.5 Å². The number of carboxylic acids is 2. The Morgan fingerprint density at radius 2 is 1.55 bits per heavy atom. The Bertz CT molecular complexity index is 849. The lowest BCUT2D eigenvalue weighted by atomic mass is 9.93. The molecule has 0 unspecified atom stereocenters. The van der Waals surface area contributed by atoms with E-state index in [1.165, 1.54) is 22.3 Å². The number of carboxylic acid groups (broad SMARTS) is 2. The van der Waals surface area contributed by atoms with Crippen LogP contribution in [0.4, 0.5) is 0 Å². The number of aliphatic carboxylic acids is 2. The van der Waals surface area contributed by atoms with Crippen LogP contribution >= 0.6 is 0 Å². The number of fused-ring (bicyclic) bond motifs is 2. The summed E-state index contributed by atoms with van der Waals surface area (Å²) in [5, 5.41) is 15.6. The lowest BCUT2D eigenvalue weighted by Gasteiger charge is -2.12. The van der Waals surface area contributed by atoms with Gasteiger partial charge in [-0.25, -0.2) is 9.59 Å². The van der Waals surface area contributed by atoms with Crippen molar-refractivity contribution in [3.05, 3.63) is 83.4 Å². The summed E-state index contributed by atoms with van der Waals surface area (Å²) in [6, 6.07) is 16.9. The zero-order valence-corrected chi connectivity index (χ0v) is 16.5. The molecule has 0 spiro atoms. The van der Waals surface area contributed by atoms with E-state index in [1.54, 1.807) is 0 Å². The average Bonchev–Trinajstić information content (AvgIpc) is 2.84. The minimum Gasteiger partial charge on any atom is -0.488 e. The summed E-state index contributed by atoms with van der Waals surface area (Å²) in [5.74, 6) is -1.54. The first-order valence-electron chi connectivity index (χ1n) is 9.17. The van der Waals surface area contributed by atoms with Crippen LogP contribution in [0.2, 0.25) is 0 Å². The van der Waals surface area contributed by atoms with Crippen molar-refractivity contribution >= 4 is 17.5 Å². The topological polar surface area (TPSA) is 87.1 Å². The van der Waals surface area contributed by atoms with Gasteiger partial charge >= 0.3 is 11.9 Å². The highest BCUT2D eigenvalue weighted by Gasteiger charge is 2.17. The van der Waals surface area contributed by atoms with Crippen LogP contribution in [0.25, 0.3) is 5.57 Å². The van der Waals surface area contributed by atoms with Crippen LogP contribution < -0.4 is 4.74 Å². The molecule has 152 valence electrons. The maximum atomic E-state index is 9.55. The third-order valence-corrected chi connectivity index (χ3v) is 4.16. The number of hydrogen-bond acceptors (Lipinski definition) is 4. The van der Waals surface area contributed by atoms with Crippen molar-refractivity contribution < 1.29 is 24.5 Å². The molecule has 2 aromatic rings. The normalized spacial score (nSPS) is 13.7. The predicted octanol–water partition coefficient (Wildman–Crippen LogP) is 3.67. The molecular weight excluding hydrogens is 370 g/mol. The van der Waals surface area contributed by atoms with Gasteiger partial charge in [0.15, 0.2) is 0 Å². The number of nitrogens with zero attached hydrogens (tertiary/aromatic N) is 1. The molecule has 0 bridgehead atoms. The first kappa shape index (κ1) is 21.9. The van der Waals surface area contributed by atoms with Crippen molar-refractivity contribution in [3.8, 4) is 5.75 Å². The van der Waals surface area contributed by atoms with Gasteiger partial charge in [0, 0.05) is 24.3 Å².